The van der Waals surface area contributed by atoms with Crippen LogP contribution in [0.5, 0.6) is 5.19 Å². The third-order valence-corrected chi connectivity index (χ3v) is 2.52. The van der Waals surface area contributed by atoms with E-state index in [1.165, 1.54) is 0 Å². The van der Waals surface area contributed by atoms with E-state index in [2.05, 4.69) is 10.2 Å². The largest absolute Gasteiger partial charge is 0.466 e. The maximum atomic E-state index is 11.3. The van der Waals surface area contributed by atoms with Crippen LogP contribution in [0.4, 0.5) is 0 Å². The van der Waals surface area contributed by atoms with Gasteiger partial charge in [0.05, 0.1) is 18.8 Å². The fourth-order valence-electron chi connectivity index (χ4n) is 1.02. The average Bonchev–Trinajstić information content (AvgIpc) is 2.72. The van der Waals surface area contributed by atoms with Gasteiger partial charge in [0, 0.05) is 0 Å². The summed E-state index contributed by atoms with van der Waals surface area (Å²) in [5.74, 6) is -0.476. The van der Waals surface area contributed by atoms with Gasteiger partial charge in [-0.25, -0.2) is 4.79 Å². The molecular formula is C11H18N2O4S. The van der Waals surface area contributed by atoms with Crippen molar-refractivity contribution in [3.63, 3.8) is 0 Å². The highest BCUT2D eigenvalue weighted by Gasteiger charge is 2.15. The lowest BCUT2D eigenvalue weighted by Gasteiger charge is -2.18. The van der Waals surface area contributed by atoms with E-state index in [0.29, 0.717) is 25.0 Å². The normalized spacial score (nSPS) is 11.3. The Morgan fingerprint density at radius 1 is 1.28 bits per heavy atom. The number of hydrogen-bond acceptors (Lipinski definition) is 7. The predicted molar refractivity (Wildman–Crippen MR) is 67.1 cm³/mol. The quantitative estimate of drug-likeness (QED) is 0.583. The van der Waals surface area contributed by atoms with Gasteiger partial charge in [0.15, 0.2) is 0 Å². The molecule has 1 rings (SSSR count). The van der Waals surface area contributed by atoms with Gasteiger partial charge in [0.1, 0.15) is 6.61 Å². The highest BCUT2D eigenvalue weighted by atomic mass is 32.1. The fourth-order valence-corrected chi connectivity index (χ4v) is 1.63. The van der Waals surface area contributed by atoms with Crippen molar-refractivity contribution in [2.75, 3.05) is 19.8 Å². The van der Waals surface area contributed by atoms with Crippen LogP contribution < -0.4 is 4.74 Å². The van der Waals surface area contributed by atoms with Crippen molar-refractivity contribution in [1.82, 2.24) is 10.2 Å². The fraction of sp³-hybridized carbons (Fsp3) is 0.727. The van der Waals surface area contributed by atoms with E-state index in [0.717, 1.165) is 11.3 Å². The second-order valence-corrected chi connectivity index (χ2v) is 5.34. The zero-order valence-corrected chi connectivity index (χ0v) is 11.9. The topological polar surface area (TPSA) is 70.5 Å². The molecule has 0 atom stereocenters. The summed E-state index contributed by atoms with van der Waals surface area (Å²) in [5.41, 5.74) is -0.194. The number of esters is 1. The number of nitrogens with zero attached hydrogens (tertiary/aromatic N) is 2. The maximum Gasteiger partial charge on any atom is 0.369 e. The van der Waals surface area contributed by atoms with Crippen molar-refractivity contribution in [2.24, 2.45) is 0 Å². The molecule has 0 aliphatic rings. The number of rotatable bonds is 6. The first-order valence-electron chi connectivity index (χ1n) is 5.70. The van der Waals surface area contributed by atoms with Crippen molar-refractivity contribution >= 4 is 17.3 Å². The lowest BCUT2D eigenvalue weighted by atomic mass is 10.2. The molecule has 0 aromatic carbocycles. The van der Waals surface area contributed by atoms with E-state index in [9.17, 15) is 4.79 Å². The summed E-state index contributed by atoms with van der Waals surface area (Å²) in [5, 5.41) is 7.97. The second-order valence-electron chi connectivity index (χ2n) is 4.40. The molecule has 0 aliphatic heterocycles. The van der Waals surface area contributed by atoms with Gasteiger partial charge in [-0.3, -0.25) is 0 Å². The lowest BCUT2D eigenvalue weighted by molar-refractivity contribution is -0.0163. The molecule has 1 aromatic heterocycles. The standard InChI is InChI=1S/C11H18N2O4S/c1-5-15-9(14)8-12-13-10(18-8)16-6-7-17-11(2,3)4/h5-7H2,1-4H3. The van der Waals surface area contributed by atoms with E-state index in [1.807, 2.05) is 20.8 Å². The van der Waals surface area contributed by atoms with Gasteiger partial charge in [-0.15, -0.1) is 5.10 Å². The zero-order chi connectivity index (χ0) is 13.6. The molecule has 0 bridgehead atoms. The van der Waals surface area contributed by atoms with Crippen LogP contribution in [0.15, 0.2) is 0 Å². The first-order chi connectivity index (χ1) is 8.42. The second kappa shape index (κ2) is 6.65. The predicted octanol–water partition coefficient (Wildman–Crippen LogP) is 1.91. The van der Waals surface area contributed by atoms with Gasteiger partial charge in [-0.1, -0.05) is 5.10 Å². The Balaban J connectivity index is 2.33. The van der Waals surface area contributed by atoms with E-state index in [4.69, 9.17) is 14.2 Å². The third-order valence-electron chi connectivity index (χ3n) is 1.70. The van der Waals surface area contributed by atoms with Crippen LogP contribution in [-0.2, 0) is 9.47 Å². The van der Waals surface area contributed by atoms with Crippen molar-refractivity contribution in [3.8, 4) is 5.19 Å². The Kier molecular flexibility index (Phi) is 5.49. The van der Waals surface area contributed by atoms with E-state index in [-0.39, 0.29) is 10.6 Å². The monoisotopic (exact) mass is 274 g/mol. The minimum absolute atomic E-state index is 0.194. The first-order valence-corrected chi connectivity index (χ1v) is 6.51. The molecular weight excluding hydrogens is 256 g/mol. The summed E-state index contributed by atoms with van der Waals surface area (Å²) in [4.78, 5) is 11.3. The van der Waals surface area contributed by atoms with Crippen LogP contribution in [0, 0.1) is 0 Å². The number of hydrogen-bond donors (Lipinski definition) is 0. The van der Waals surface area contributed by atoms with Crippen LogP contribution in [-0.4, -0.2) is 41.6 Å². The van der Waals surface area contributed by atoms with Crippen LogP contribution in [0.1, 0.15) is 37.5 Å². The third kappa shape index (κ3) is 5.42. The summed E-state index contributed by atoms with van der Waals surface area (Å²) in [6, 6.07) is 0. The van der Waals surface area contributed by atoms with Crippen LogP contribution in [0.25, 0.3) is 0 Å². The summed E-state index contributed by atoms with van der Waals surface area (Å²) < 4.78 is 15.6. The molecule has 0 N–H and O–H groups in total. The smallest absolute Gasteiger partial charge is 0.369 e. The molecule has 18 heavy (non-hydrogen) atoms. The van der Waals surface area contributed by atoms with Crippen LogP contribution in [0.3, 0.4) is 0 Å². The summed E-state index contributed by atoms with van der Waals surface area (Å²) >= 11 is 1.06. The Bertz CT molecular complexity index is 387. The summed E-state index contributed by atoms with van der Waals surface area (Å²) in [6.07, 6.45) is 0. The molecule has 6 nitrogen and oxygen atoms in total. The highest BCUT2D eigenvalue weighted by molar-refractivity contribution is 7.14. The van der Waals surface area contributed by atoms with Gasteiger partial charge >= 0.3 is 5.97 Å². The molecule has 0 saturated heterocycles. The number of ether oxygens (including phenoxy) is 3. The Labute approximate surface area is 110 Å². The van der Waals surface area contributed by atoms with E-state index < -0.39 is 5.97 Å². The number of carbonyl (C=O) groups excluding carboxylic acids is 1. The molecule has 102 valence electrons. The Morgan fingerprint density at radius 2 is 2.00 bits per heavy atom. The summed E-state index contributed by atoms with van der Waals surface area (Å²) in [6.45, 7) is 8.78. The summed E-state index contributed by atoms with van der Waals surface area (Å²) in [7, 11) is 0. The van der Waals surface area contributed by atoms with E-state index >= 15 is 0 Å². The van der Waals surface area contributed by atoms with Gasteiger partial charge < -0.3 is 14.2 Å². The van der Waals surface area contributed by atoms with Crippen LogP contribution >= 0.6 is 11.3 Å². The molecule has 0 amide bonds. The minimum Gasteiger partial charge on any atom is -0.466 e. The first kappa shape index (κ1) is 14.8. The molecule has 0 spiro atoms. The number of aromatic nitrogens is 2. The molecule has 0 saturated carbocycles. The van der Waals surface area contributed by atoms with Gasteiger partial charge in [0.2, 0.25) is 5.01 Å². The highest BCUT2D eigenvalue weighted by Crippen LogP contribution is 2.18. The molecule has 0 aliphatic carbocycles. The molecule has 1 heterocycles. The number of carbonyl (C=O) groups is 1. The zero-order valence-electron chi connectivity index (χ0n) is 11.1. The Morgan fingerprint density at radius 3 is 2.61 bits per heavy atom. The average molecular weight is 274 g/mol. The SMILES string of the molecule is CCOC(=O)c1nnc(OCCOC(C)(C)C)s1. The minimum atomic E-state index is -0.476. The van der Waals surface area contributed by atoms with Gasteiger partial charge in [-0.2, -0.15) is 0 Å². The van der Waals surface area contributed by atoms with Gasteiger partial charge in [-0.05, 0) is 39.0 Å². The molecule has 0 radical (unpaired) electrons. The molecule has 7 heteroatoms. The van der Waals surface area contributed by atoms with Crippen LogP contribution in [0.2, 0.25) is 0 Å². The maximum absolute atomic E-state index is 11.3. The van der Waals surface area contributed by atoms with Crippen molar-refractivity contribution in [1.29, 1.82) is 0 Å². The van der Waals surface area contributed by atoms with Crippen molar-refractivity contribution in [3.05, 3.63) is 5.01 Å². The van der Waals surface area contributed by atoms with Crippen molar-refractivity contribution in [2.45, 2.75) is 33.3 Å². The lowest BCUT2D eigenvalue weighted by Crippen LogP contribution is -2.22. The Hall–Kier alpha value is -1.21. The van der Waals surface area contributed by atoms with Gasteiger partial charge in [0.25, 0.3) is 5.19 Å². The molecule has 1 aromatic rings. The van der Waals surface area contributed by atoms with E-state index in [1.54, 1.807) is 6.92 Å². The molecule has 0 fully saturated rings. The molecule has 0 unspecified atom stereocenters. The van der Waals surface area contributed by atoms with Crippen molar-refractivity contribution < 1.29 is 19.0 Å².